The fraction of sp³-hybridized carbons (Fsp3) is 0.556. The molecule has 22 heavy (non-hydrogen) atoms. The molecule has 0 radical (unpaired) electrons. The van der Waals surface area contributed by atoms with Crippen molar-refractivity contribution in [1.29, 1.82) is 0 Å². The highest BCUT2D eigenvalue weighted by atomic mass is 16.4. The van der Waals surface area contributed by atoms with Crippen LogP contribution in [0.15, 0.2) is 30.3 Å². The fourth-order valence-corrected chi connectivity index (χ4v) is 4.01. The van der Waals surface area contributed by atoms with E-state index < -0.39 is 11.9 Å². The van der Waals surface area contributed by atoms with Crippen LogP contribution in [-0.2, 0) is 9.59 Å². The second-order valence-corrected chi connectivity index (χ2v) is 6.43. The third-order valence-corrected chi connectivity index (χ3v) is 5.06. The zero-order valence-electron chi connectivity index (χ0n) is 12.8. The summed E-state index contributed by atoms with van der Waals surface area (Å²) in [5.74, 6) is -1.16. The van der Waals surface area contributed by atoms with E-state index in [4.69, 9.17) is 0 Å². The van der Waals surface area contributed by atoms with Crippen LogP contribution in [0.5, 0.6) is 0 Å². The molecule has 1 amide bonds. The number of piperidine rings is 1. The van der Waals surface area contributed by atoms with Gasteiger partial charge in [0.2, 0.25) is 5.91 Å². The van der Waals surface area contributed by atoms with Gasteiger partial charge in [0.15, 0.2) is 0 Å². The van der Waals surface area contributed by atoms with Gasteiger partial charge in [0, 0.05) is 12.5 Å². The van der Waals surface area contributed by atoms with Gasteiger partial charge in [-0.1, -0.05) is 49.6 Å². The molecule has 1 heterocycles. The van der Waals surface area contributed by atoms with Crippen LogP contribution in [0.3, 0.4) is 0 Å². The van der Waals surface area contributed by atoms with Gasteiger partial charge in [-0.05, 0) is 24.8 Å². The Morgan fingerprint density at radius 1 is 1.05 bits per heavy atom. The van der Waals surface area contributed by atoms with Gasteiger partial charge in [0.1, 0.15) is 0 Å². The Hall–Kier alpha value is -1.84. The van der Waals surface area contributed by atoms with Gasteiger partial charge in [0.25, 0.3) is 0 Å². The molecule has 1 aromatic rings. The summed E-state index contributed by atoms with van der Waals surface area (Å²) >= 11 is 0. The van der Waals surface area contributed by atoms with E-state index in [1.54, 1.807) is 0 Å². The summed E-state index contributed by atoms with van der Waals surface area (Å²) in [4.78, 5) is 26.2. The monoisotopic (exact) mass is 301 g/mol. The lowest BCUT2D eigenvalue weighted by Gasteiger charge is -2.45. The van der Waals surface area contributed by atoms with Crippen molar-refractivity contribution in [2.45, 2.75) is 57.0 Å². The Labute approximate surface area is 131 Å². The van der Waals surface area contributed by atoms with E-state index in [2.05, 4.69) is 0 Å². The summed E-state index contributed by atoms with van der Waals surface area (Å²) in [7, 11) is 0. The lowest BCUT2D eigenvalue weighted by atomic mass is 9.81. The quantitative estimate of drug-likeness (QED) is 0.931. The molecule has 1 saturated carbocycles. The van der Waals surface area contributed by atoms with E-state index >= 15 is 0 Å². The molecule has 0 bridgehead atoms. The van der Waals surface area contributed by atoms with Gasteiger partial charge in [-0.3, -0.25) is 9.59 Å². The zero-order chi connectivity index (χ0) is 15.5. The zero-order valence-corrected chi connectivity index (χ0v) is 12.8. The summed E-state index contributed by atoms with van der Waals surface area (Å²) in [6.07, 6.45) is 6.29. The van der Waals surface area contributed by atoms with E-state index in [1.807, 2.05) is 35.2 Å². The van der Waals surface area contributed by atoms with Gasteiger partial charge in [0.05, 0.1) is 12.0 Å². The minimum Gasteiger partial charge on any atom is -0.481 e. The van der Waals surface area contributed by atoms with Gasteiger partial charge >= 0.3 is 5.97 Å². The van der Waals surface area contributed by atoms with Crippen molar-refractivity contribution in [2.24, 2.45) is 5.92 Å². The molecule has 1 N–H and O–H groups in total. The fourth-order valence-electron chi connectivity index (χ4n) is 4.01. The number of nitrogens with zero attached hydrogens (tertiary/aromatic N) is 1. The van der Waals surface area contributed by atoms with Crippen LogP contribution in [0.1, 0.15) is 56.6 Å². The molecule has 4 heteroatoms. The lowest BCUT2D eigenvalue weighted by molar-refractivity contribution is -0.154. The highest BCUT2D eigenvalue weighted by Crippen LogP contribution is 2.40. The molecule has 1 saturated heterocycles. The average Bonchev–Trinajstić information content (AvgIpc) is 2.56. The van der Waals surface area contributed by atoms with Crippen LogP contribution in [-0.4, -0.2) is 27.9 Å². The van der Waals surface area contributed by atoms with Crippen LogP contribution in [0.2, 0.25) is 0 Å². The molecule has 1 aliphatic heterocycles. The maximum absolute atomic E-state index is 12.6. The number of benzene rings is 1. The number of carboxylic acids is 1. The van der Waals surface area contributed by atoms with Gasteiger partial charge in [-0.15, -0.1) is 0 Å². The normalized spacial score (nSPS) is 26.9. The summed E-state index contributed by atoms with van der Waals surface area (Å²) in [6, 6.07) is 9.56. The van der Waals surface area contributed by atoms with Crippen molar-refractivity contribution in [1.82, 2.24) is 4.90 Å². The second-order valence-electron chi connectivity index (χ2n) is 6.43. The molecule has 0 spiro atoms. The van der Waals surface area contributed by atoms with Crippen LogP contribution in [0, 0.1) is 5.92 Å². The van der Waals surface area contributed by atoms with Crippen molar-refractivity contribution in [3.63, 3.8) is 0 Å². The van der Waals surface area contributed by atoms with E-state index in [1.165, 1.54) is 6.42 Å². The number of rotatable bonds is 3. The summed E-state index contributed by atoms with van der Waals surface area (Å²) in [5.41, 5.74) is 0.952. The number of hydrogen-bond acceptors (Lipinski definition) is 2. The molecule has 1 aromatic carbocycles. The lowest BCUT2D eigenvalue weighted by Crippen LogP contribution is -2.50. The molecule has 118 valence electrons. The minimum atomic E-state index is -0.790. The molecule has 2 atom stereocenters. The number of hydrogen-bond donors (Lipinski definition) is 1. The van der Waals surface area contributed by atoms with Gasteiger partial charge in [-0.25, -0.2) is 0 Å². The Balaban J connectivity index is 1.97. The standard InChI is InChI=1S/C18H23NO3/c20-16-12-11-15(18(21)22)17(13-7-3-1-4-8-13)19(16)14-9-5-2-6-10-14/h1,3-4,7-8,14-15,17H,2,5-6,9-12H2,(H,21,22). The molecule has 3 rings (SSSR count). The summed E-state index contributed by atoms with van der Waals surface area (Å²) in [6.45, 7) is 0. The van der Waals surface area contributed by atoms with Gasteiger partial charge < -0.3 is 10.0 Å². The number of carbonyl (C=O) groups is 2. The average molecular weight is 301 g/mol. The second kappa shape index (κ2) is 6.51. The molecular formula is C18H23NO3. The third kappa shape index (κ3) is 2.87. The summed E-state index contributed by atoms with van der Waals surface area (Å²) in [5, 5.41) is 9.63. The topological polar surface area (TPSA) is 57.6 Å². The highest BCUT2D eigenvalue weighted by Gasteiger charge is 2.43. The minimum absolute atomic E-state index is 0.123. The van der Waals surface area contributed by atoms with E-state index in [-0.39, 0.29) is 18.0 Å². The number of carboxylic acid groups (broad SMARTS) is 1. The first-order chi connectivity index (χ1) is 10.7. The Morgan fingerprint density at radius 2 is 1.73 bits per heavy atom. The largest absolute Gasteiger partial charge is 0.481 e. The van der Waals surface area contributed by atoms with Crippen molar-refractivity contribution >= 4 is 11.9 Å². The molecule has 2 fully saturated rings. The third-order valence-electron chi connectivity index (χ3n) is 5.06. The molecule has 4 nitrogen and oxygen atoms in total. The smallest absolute Gasteiger partial charge is 0.308 e. The maximum atomic E-state index is 12.6. The van der Waals surface area contributed by atoms with E-state index in [9.17, 15) is 14.7 Å². The van der Waals surface area contributed by atoms with E-state index in [0.29, 0.717) is 12.8 Å². The number of carbonyl (C=O) groups excluding carboxylic acids is 1. The molecule has 2 unspecified atom stereocenters. The van der Waals surface area contributed by atoms with E-state index in [0.717, 1.165) is 31.2 Å². The number of aliphatic carboxylic acids is 1. The van der Waals surface area contributed by atoms with Crippen LogP contribution in [0.25, 0.3) is 0 Å². The SMILES string of the molecule is O=C(O)C1CCC(=O)N(C2CCCCC2)C1c1ccccc1. The van der Waals surface area contributed by atoms with Crippen molar-refractivity contribution in [3.8, 4) is 0 Å². The predicted octanol–water partition coefficient (Wildman–Crippen LogP) is 3.38. The predicted molar refractivity (Wildman–Crippen MR) is 83.3 cm³/mol. The number of likely N-dealkylation sites (tertiary alicyclic amines) is 1. The van der Waals surface area contributed by atoms with Crippen molar-refractivity contribution in [2.75, 3.05) is 0 Å². The van der Waals surface area contributed by atoms with Crippen molar-refractivity contribution < 1.29 is 14.7 Å². The molecule has 1 aliphatic carbocycles. The Bertz CT molecular complexity index is 537. The van der Waals surface area contributed by atoms with Crippen LogP contribution >= 0.6 is 0 Å². The highest BCUT2D eigenvalue weighted by molar-refractivity contribution is 5.82. The molecule has 0 aromatic heterocycles. The molecule has 2 aliphatic rings. The van der Waals surface area contributed by atoms with Crippen LogP contribution in [0.4, 0.5) is 0 Å². The Morgan fingerprint density at radius 3 is 2.36 bits per heavy atom. The first-order valence-corrected chi connectivity index (χ1v) is 8.27. The Kier molecular flexibility index (Phi) is 4.46. The van der Waals surface area contributed by atoms with Crippen LogP contribution < -0.4 is 0 Å². The molecular weight excluding hydrogens is 278 g/mol. The summed E-state index contributed by atoms with van der Waals surface area (Å²) < 4.78 is 0. The maximum Gasteiger partial charge on any atom is 0.308 e. The van der Waals surface area contributed by atoms with Crippen molar-refractivity contribution in [3.05, 3.63) is 35.9 Å². The first-order valence-electron chi connectivity index (χ1n) is 8.27. The van der Waals surface area contributed by atoms with Gasteiger partial charge in [-0.2, -0.15) is 0 Å². The number of amides is 1. The first kappa shape index (κ1) is 15.1.